The van der Waals surface area contributed by atoms with Crippen LogP contribution in [0.4, 0.5) is 0 Å². The molecule has 1 fully saturated rings. The molecule has 0 atom stereocenters. The van der Waals surface area contributed by atoms with Crippen molar-refractivity contribution in [1.29, 1.82) is 0 Å². The number of hydrogen-bond donors (Lipinski definition) is 0. The smallest absolute Gasteiger partial charge is 0.289 e. The maximum atomic E-state index is 12.3. The molecule has 0 unspecified atom stereocenters. The molecule has 0 N–H and O–H groups in total. The van der Waals surface area contributed by atoms with Crippen molar-refractivity contribution in [3.8, 4) is 0 Å². The molecule has 0 radical (unpaired) electrons. The van der Waals surface area contributed by atoms with Gasteiger partial charge in [-0.2, -0.15) is 0 Å². The average molecular weight is 310 g/mol. The van der Waals surface area contributed by atoms with E-state index >= 15 is 0 Å². The lowest BCUT2D eigenvalue weighted by molar-refractivity contribution is 0.0596. The highest BCUT2D eigenvalue weighted by molar-refractivity contribution is 5.91. The zero-order valence-corrected chi connectivity index (χ0v) is 12.8. The summed E-state index contributed by atoms with van der Waals surface area (Å²) in [5.41, 5.74) is 2.14. The monoisotopic (exact) mass is 310 g/mol. The largest absolute Gasteiger partial charge is 0.459 e. The fourth-order valence-corrected chi connectivity index (χ4v) is 3.00. The van der Waals surface area contributed by atoms with Gasteiger partial charge in [0.15, 0.2) is 5.76 Å². The van der Waals surface area contributed by atoms with E-state index in [-0.39, 0.29) is 5.91 Å². The molecule has 6 nitrogen and oxygen atoms in total. The van der Waals surface area contributed by atoms with Crippen molar-refractivity contribution in [2.75, 3.05) is 26.2 Å². The number of carbonyl (C=O) groups is 1. The summed E-state index contributed by atoms with van der Waals surface area (Å²) in [6.07, 6.45) is 5.50. The molecule has 0 aromatic carbocycles. The SMILES string of the molecule is O=C(c1ccco1)N1CCN(Cc2cnc3ccccn23)CC1. The summed E-state index contributed by atoms with van der Waals surface area (Å²) in [5, 5.41) is 0. The quantitative estimate of drug-likeness (QED) is 0.741. The lowest BCUT2D eigenvalue weighted by atomic mass is 10.2. The van der Waals surface area contributed by atoms with Crippen LogP contribution in [0.2, 0.25) is 0 Å². The molecule has 6 heteroatoms. The lowest BCUT2D eigenvalue weighted by Crippen LogP contribution is -2.48. The van der Waals surface area contributed by atoms with Crippen LogP contribution in [-0.4, -0.2) is 51.3 Å². The van der Waals surface area contributed by atoms with Gasteiger partial charge in [-0.1, -0.05) is 6.07 Å². The highest BCUT2D eigenvalue weighted by atomic mass is 16.3. The van der Waals surface area contributed by atoms with Crippen LogP contribution < -0.4 is 0 Å². The summed E-state index contributed by atoms with van der Waals surface area (Å²) in [7, 11) is 0. The van der Waals surface area contributed by atoms with Gasteiger partial charge in [-0.25, -0.2) is 4.98 Å². The van der Waals surface area contributed by atoms with Gasteiger partial charge in [-0.05, 0) is 24.3 Å². The van der Waals surface area contributed by atoms with Crippen LogP contribution in [-0.2, 0) is 6.54 Å². The number of pyridine rings is 1. The van der Waals surface area contributed by atoms with Crippen LogP contribution >= 0.6 is 0 Å². The summed E-state index contributed by atoms with van der Waals surface area (Å²) in [6.45, 7) is 3.99. The number of carbonyl (C=O) groups excluding carboxylic acids is 1. The lowest BCUT2D eigenvalue weighted by Gasteiger charge is -2.34. The zero-order valence-electron chi connectivity index (χ0n) is 12.8. The Morgan fingerprint density at radius 1 is 1.13 bits per heavy atom. The molecule has 0 spiro atoms. The Morgan fingerprint density at radius 3 is 2.78 bits per heavy atom. The molecule has 1 saturated heterocycles. The Bertz CT molecular complexity index is 801. The summed E-state index contributed by atoms with van der Waals surface area (Å²) >= 11 is 0. The van der Waals surface area contributed by atoms with Crippen molar-refractivity contribution in [3.63, 3.8) is 0 Å². The van der Waals surface area contributed by atoms with Crippen molar-refractivity contribution in [3.05, 3.63) is 60.4 Å². The molecular weight excluding hydrogens is 292 g/mol. The fraction of sp³-hybridized carbons (Fsp3) is 0.294. The maximum Gasteiger partial charge on any atom is 0.289 e. The number of amides is 1. The molecule has 23 heavy (non-hydrogen) atoms. The van der Waals surface area contributed by atoms with Crippen LogP contribution in [0.1, 0.15) is 16.2 Å². The van der Waals surface area contributed by atoms with E-state index in [2.05, 4.69) is 14.3 Å². The van der Waals surface area contributed by atoms with Gasteiger partial charge >= 0.3 is 0 Å². The normalized spacial score (nSPS) is 16.1. The van der Waals surface area contributed by atoms with Crippen molar-refractivity contribution < 1.29 is 9.21 Å². The van der Waals surface area contributed by atoms with E-state index in [0.717, 1.165) is 38.4 Å². The van der Waals surface area contributed by atoms with Crippen LogP contribution in [0.5, 0.6) is 0 Å². The second kappa shape index (κ2) is 5.89. The fourth-order valence-electron chi connectivity index (χ4n) is 3.00. The molecule has 118 valence electrons. The Morgan fingerprint density at radius 2 is 2.00 bits per heavy atom. The highest BCUT2D eigenvalue weighted by Crippen LogP contribution is 2.13. The van der Waals surface area contributed by atoms with Gasteiger partial charge in [0.25, 0.3) is 5.91 Å². The highest BCUT2D eigenvalue weighted by Gasteiger charge is 2.24. The molecule has 1 aliphatic heterocycles. The number of imidazole rings is 1. The number of rotatable bonds is 3. The Hall–Kier alpha value is -2.60. The van der Waals surface area contributed by atoms with E-state index in [1.54, 1.807) is 12.1 Å². The first-order valence-electron chi connectivity index (χ1n) is 7.77. The number of piperazine rings is 1. The summed E-state index contributed by atoms with van der Waals surface area (Å²) in [4.78, 5) is 20.9. The summed E-state index contributed by atoms with van der Waals surface area (Å²) < 4.78 is 7.30. The van der Waals surface area contributed by atoms with Crippen molar-refractivity contribution in [2.24, 2.45) is 0 Å². The van der Waals surface area contributed by atoms with Crippen molar-refractivity contribution in [2.45, 2.75) is 6.54 Å². The van der Waals surface area contributed by atoms with Gasteiger partial charge in [0.1, 0.15) is 5.65 Å². The van der Waals surface area contributed by atoms with E-state index < -0.39 is 0 Å². The standard InChI is InChI=1S/C17H18N4O2/c22-17(15-4-3-11-23-15)20-9-7-19(8-10-20)13-14-12-18-16-5-1-2-6-21(14)16/h1-6,11-12H,7-10,13H2. The van der Waals surface area contributed by atoms with Crippen LogP contribution in [0.25, 0.3) is 5.65 Å². The van der Waals surface area contributed by atoms with E-state index in [1.165, 1.54) is 12.0 Å². The van der Waals surface area contributed by atoms with Crippen molar-refractivity contribution in [1.82, 2.24) is 19.2 Å². The molecule has 1 amide bonds. The number of fused-ring (bicyclic) bond motifs is 1. The summed E-state index contributed by atoms with van der Waals surface area (Å²) in [5.74, 6) is 0.393. The molecule has 0 aliphatic carbocycles. The second-order valence-corrected chi connectivity index (χ2v) is 5.72. The molecule has 4 heterocycles. The van der Waals surface area contributed by atoms with Crippen LogP contribution in [0.3, 0.4) is 0 Å². The van der Waals surface area contributed by atoms with E-state index in [0.29, 0.717) is 5.76 Å². The van der Waals surface area contributed by atoms with Crippen LogP contribution in [0.15, 0.2) is 53.4 Å². The Kier molecular flexibility index (Phi) is 3.59. The molecule has 1 aliphatic rings. The number of hydrogen-bond acceptors (Lipinski definition) is 4. The molecule has 3 aromatic heterocycles. The minimum absolute atomic E-state index is 0.0237. The first-order chi connectivity index (χ1) is 11.3. The third kappa shape index (κ3) is 2.73. The minimum atomic E-state index is -0.0237. The molecule has 0 bridgehead atoms. The topological polar surface area (TPSA) is 54.0 Å². The van der Waals surface area contributed by atoms with Gasteiger partial charge in [0.05, 0.1) is 18.2 Å². The summed E-state index contributed by atoms with van der Waals surface area (Å²) in [6, 6.07) is 9.47. The van der Waals surface area contributed by atoms with Gasteiger partial charge < -0.3 is 13.7 Å². The molecule has 3 aromatic rings. The van der Waals surface area contributed by atoms with Gasteiger partial charge in [0.2, 0.25) is 0 Å². The van der Waals surface area contributed by atoms with E-state index in [4.69, 9.17) is 4.42 Å². The van der Waals surface area contributed by atoms with Gasteiger partial charge in [0, 0.05) is 38.9 Å². The molecule has 4 rings (SSSR count). The maximum absolute atomic E-state index is 12.3. The first-order valence-corrected chi connectivity index (χ1v) is 7.77. The van der Waals surface area contributed by atoms with E-state index in [9.17, 15) is 4.79 Å². The Labute approximate surface area is 133 Å². The van der Waals surface area contributed by atoms with Crippen LogP contribution in [0, 0.1) is 0 Å². The first kappa shape index (κ1) is 14.0. The third-order valence-corrected chi connectivity index (χ3v) is 4.27. The van der Waals surface area contributed by atoms with E-state index in [1.807, 2.05) is 35.5 Å². The predicted molar refractivity (Wildman–Crippen MR) is 85.1 cm³/mol. The van der Waals surface area contributed by atoms with Crippen molar-refractivity contribution >= 4 is 11.6 Å². The number of furan rings is 1. The zero-order chi connectivity index (χ0) is 15.6. The van der Waals surface area contributed by atoms with Gasteiger partial charge in [-0.15, -0.1) is 0 Å². The molecule has 0 saturated carbocycles. The minimum Gasteiger partial charge on any atom is -0.459 e. The number of aromatic nitrogens is 2. The average Bonchev–Trinajstić information content (AvgIpc) is 3.25. The third-order valence-electron chi connectivity index (χ3n) is 4.27. The number of nitrogens with zero attached hydrogens (tertiary/aromatic N) is 4. The second-order valence-electron chi connectivity index (χ2n) is 5.72. The molecular formula is C17H18N4O2. The predicted octanol–water partition coefficient (Wildman–Crippen LogP) is 1.89. The van der Waals surface area contributed by atoms with Gasteiger partial charge in [-0.3, -0.25) is 9.69 Å². The Balaban J connectivity index is 1.39.